The van der Waals surface area contributed by atoms with Crippen molar-refractivity contribution in [2.45, 2.75) is 6.92 Å². The number of anilines is 1. The van der Waals surface area contributed by atoms with Crippen LogP contribution in [0.1, 0.15) is 6.92 Å². The second-order valence-electron chi connectivity index (χ2n) is 3.65. The summed E-state index contributed by atoms with van der Waals surface area (Å²) in [4.78, 5) is 0. The van der Waals surface area contributed by atoms with Crippen LogP contribution < -0.4 is 19.9 Å². The summed E-state index contributed by atoms with van der Waals surface area (Å²) in [6.45, 7) is 2.90. The zero-order chi connectivity index (χ0) is 11.5. The summed E-state index contributed by atoms with van der Waals surface area (Å²) in [7, 11) is 3.28. The molecule has 1 aliphatic heterocycles. The molecule has 1 aromatic rings. The van der Waals surface area contributed by atoms with E-state index in [-0.39, 0.29) is 0 Å². The van der Waals surface area contributed by atoms with E-state index in [0.29, 0.717) is 0 Å². The molecule has 0 unspecified atom stereocenters. The lowest BCUT2D eigenvalue weighted by Crippen LogP contribution is -2.31. The Labute approximate surface area is 95.4 Å². The van der Waals surface area contributed by atoms with Gasteiger partial charge in [0.25, 0.3) is 0 Å². The van der Waals surface area contributed by atoms with Crippen molar-refractivity contribution in [3.05, 3.63) is 30.0 Å². The minimum absolute atomic E-state index is 0.742. The van der Waals surface area contributed by atoms with Gasteiger partial charge in [0, 0.05) is 11.8 Å². The normalized spacial score (nSPS) is 14.4. The molecule has 1 N–H and O–H groups in total. The average Bonchev–Trinajstić information content (AvgIpc) is 2.75. The molecule has 1 aliphatic rings. The first kappa shape index (κ1) is 10.7. The van der Waals surface area contributed by atoms with Crippen LogP contribution in [0.15, 0.2) is 30.0 Å². The molecule has 0 fully saturated rings. The van der Waals surface area contributed by atoms with Crippen LogP contribution in [-0.2, 0) is 0 Å². The second kappa shape index (κ2) is 4.35. The summed E-state index contributed by atoms with van der Waals surface area (Å²) in [5.41, 5.74) is 5.48. The fourth-order valence-corrected chi connectivity index (χ4v) is 1.70. The van der Waals surface area contributed by atoms with Crippen molar-refractivity contribution in [1.82, 2.24) is 5.43 Å². The molecule has 16 heavy (non-hydrogen) atoms. The summed E-state index contributed by atoms with van der Waals surface area (Å²) in [6.07, 6.45) is 2.14. The molecule has 0 bridgehead atoms. The van der Waals surface area contributed by atoms with E-state index < -0.39 is 0 Å². The summed E-state index contributed by atoms with van der Waals surface area (Å²) in [6, 6.07) is 5.86. The van der Waals surface area contributed by atoms with Gasteiger partial charge in [0.05, 0.1) is 26.5 Å². The first-order valence-electron chi connectivity index (χ1n) is 5.17. The van der Waals surface area contributed by atoms with Gasteiger partial charge in [0.1, 0.15) is 0 Å². The highest BCUT2D eigenvalue weighted by Gasteiger charge is 2.13. The maximum absolute atomic E-state index is 5.27. The fraction of sp³-hybridized carbons (Fsp3) is 0.333. The molecular formula is C12H16N2O2. The van der Waals surface area contributed by atoms with Gasteiger partial charge in [-0.1, -0.05) is 0 Å². The summed E-state index contributed by atoms with van der Waals surface area (Å²) in [5, 5.41) is 2.05. The van der Waals surface area contributed by atoms with Crippen LogP contribution in [0.25, 0.3) is 0 Å². The maximum atomic E-state index is 5.27. The molecule has 2 rings (SSSR count). The molecule has 1 heterocycles. The number of nitrogens with zero attached hydrogens (tertiary/aromatic N) is 1. The zero-order valence-electron chi connectivity index (χ0n) is 9.78. The van der Waals surface area contributed by atoms with Crippen LogP contribution in [0.2, 0.25) is 0 Å². The van der Waals surface area contributed by atoms with Gasteiger partial charge in [-0.15, -0.1) is 0 Å². The number of rotatable bonds is 3. The van der Waals surface area contributed by atoms with Crippen LogP contribution in [0.5, 0.6) is 11.5 Å². The lowest BCUT2D eigenvalue weighted by atomic mass is 10.2. The standard InChI is InChI=1S/C12H16N2O2/c1-9-6-7-14(13-9)10-4-5-11(15-2)12(8-10)16-3/h4-6,8,13H,7H2,1-3H3. The third-order valence-corrected chi connectivity index (χ3v) is 2.57. The Balaban J connectivity index is 2.23. The van der Waals surface area contributed by atoms with Crippen LogP contribution in [0.4, 0.5) is 5.69 Å². The van der Waals surface area contributed by atoms with Crippen molar-refractivity contribution in [3.63, 3.8) is 0 Å². The topological polar surface area (TPSA) is 33.7 Å². The van der Waals surface area contributed by atoms with Gasteiger partial charge >= 0.3 is 0 Å². The van der Waals surface area contributed by atoms with Gasteiger partial charge in [-0.25, -0.2) is 0 Å². The van der Waals surface area contributed by atoms with E-state index in [4.69, 9.17) is 9.47 Å². The number of nitrogens with one attached hydrogen (secondary N) is 1. The van der Waals surface area contributed by atoms with Crippen molar-refractivity contribution >= 4 is 5.69 Å². The summed E-state index contributed by atoms with van der Waals surface area (Å²) < 4.78 is 10.5. The third-order valence-electron chi connectivity index (χ3n) is 2.57. The van der Waals surface area contributed by atoms with Crippen LogP contribution in [0.3, 0.4) is 0 Å². The highest BCUT2D eigenvalue weighted by atomic mass is 16.5. The van der Waals surface area contributed by atoms with Gasteiger partial charge in [-0.3, -0.25) is 5.01 Å². The molecule has 0 atom stereocenters. The maximum Gasteiger partial charge on any atom is 0.162 e. The molecule has 4 nitrogen and oxygen atoms in total. The van der Waals surface area contributed by atoms with E-state index in [0.717, 1.165) is 29.4 Å². The fourth-order valence-electron chi connectivity index (χ4n) is 1.70. The first-order chi connectivity index (χ1) is 7.74. The molecule has 0 saturated heterocycles. The summed E-state index contributed by atoms with van der Waals surface area (Å²) in [5.74, 6) is 1.49. The monoisotopic (exact) mass is 220 g/mol. The molecule has 4 heteroatoms. The molecule has 0 aliphatic carbocycles. The number of allylic oxidation sites excluding steroid dienone is 1. The number of hydrogen-bond acceptors (Lipinski definition) is 4. The molecule has 0 aromatic heterocycles. The number of hydrogen-bond donors (Lipinski definition) is 1. The Morgan fingerprint density at radius 2 is 1.94 bits per heavy atom. The molecule has 0 amide bonds. The van der Waals surface area contributed by atoms with Crippen molar-refractivity contribution in [2.24, 2.45) is 0 Å². The van der Waals surface area contributed by atoms with Gasteiger partial charge in [0.15, 0.2) is 11.5 Å². The number of hydrazine groups is 1. The molecule has 0 saturated carbocycles. The Morgan fingerprint density at radius 3 is 2.50 bits per heavy atom. The summed E-state index contributed by atoms with van der Waals surface area (Å²) >= 11 is 0. The van der Waals surface area contributed by atoms with E-state index in [1.807, 2.05) is 25.1 Å². The predicted octanol–water partition coefficient (Wildman–Crippen LogP) is 1.93. The first-order valence-corrected chi connectivity index (χ1v) is 5.17. The van der Waals surface area contributed by atoms with Crippen LogP contribution >= 0.6 is 0 Å². The van der Waals surface area contributed by atoms with Gasteiger partial charge < -0.3 is 14.9 Å². The minimum Gasteiger partial charge on any atom is -0.493 e. The lowest BCUT2D eigenvalue weighted by molar-refractivity contribution is 0.355. The number of ether oxygens (including phenoxy) is 2. The quantitative estimate of drug-likeness (QED) is 0.844. The smallest absolute Gasteiger partial charge is 0.162 e. The highest BCUT2D eigenvalue weighted by molar-refractivity contribution is 5.57. The average molecular weight is 220 g/mol. The van der Waals surface area contributed by atoms with E-state index in [1.54, 1.807) is 14.2 Å². The largest absolute Gasteiger partial charge is 0.493 e. The van der Waals surface area contributed by atoms with Crippen molar-refractivity contribution < 1.29 is 9.47 Å². The molecule has 0 spiro atoms. The van der Waals surface area contributed by atoms with E-state index in [1.165, 1.54) is 0 Å². The molecule has 1 aromatic carbocycles. The number of benzene rings is 1. The Bertz CT molecular complexity index is 415. The van der Waals surface area contributed by atoms with Crippen molar-refractivity contribution in [2.75, 3.05) is 25.8 Å². The molecular weight excluding hydrogens is 204 g/mol. The van der Waals surface area contributed by atoms with Crippen molar-refractivity contribution in [3.8, 4) is 11.5 Å². The van der Waals surface area contributed by atoms with E-state index in [2.05, 4.69) is 16.5 Å². The Morgan fingerprint density at radius 1 is 1.19 bits per heavy atom. The van der Waals surface area contributed by atoms with Crippen molar-refractivity contribution in [1.29, 1.82) is 0 Å². The Kier molecular flexibility index (Phi) is 2.90. The minimum atomic E-state index is 0.742. The van der Waals surface area contributed by atoms with Gasteiger partial charge in [-0.2, -0.15) is 0 Å². The third kappa shape index (κ3) is 1.91. The van der Waals surface area contributed by atoms with Crippen LogP contribution in [0, 0.1) is 0 Å². The van der Waals surface area contributed by atoms with E-state index in [9.17, 15) is 0 Å². The van der Waals surface area contributed by atoms with Gasteiger partial charge in [0.2, 0.25) is 0 Å². The highest BCUT2D eigenvalue weighted by Crippen LogP contribution is 2.31. The second-order valence-corrected chi connectivity index (χ2v) is 3.65. The Hall–Kier alpha value is -1.84. The van der Waals surface area contributed by atoms with Gasteiger partial charge in [-0.05, 0) is 25.1 Å². The molecule has 86 valence electrons. The predicted molar refractivity (Wildman–Crippen MR) is 63.8 cm³/mol. The number of methoxy groups -OCH3 is 2. The SMILES string of the molecule is COc1ccc(N2CC=C(C)N2)cc1OC. The van der Waals surface area contributed by atoms with E-state index >= 15 is 0 Å². The lowest BCUT2D eigenvalue weighted by Gasteiger charge is -2.21. The van der Waals surface area contributed by atoms with Crippen LogP contribution in [-0.4, -0.2) is 20.8 Å². The zero-order valence-corrected chi connectivity index (χ0v) is 9.78. The molecule has 0 radical (unpaired) electrons.